The largest absolute Gasteiger partial charge is 0.495 e. The SMILES string of the molecule is COc1ccccc1NC(=O)[C@H](C)Sc1nnc(SCC(C)C)s1. The Hall–Kier alpha value is -1.25. The van der Waals surface area contributed by atoms with Crippen molar-refractivity contribution in [2.45, 2.75) is 34.7 Å². The number of aromatic nitrogens is 2. The van der Waals surface area contributed by atoms with Gasteiger partial charge in [0, 0.05) is 5.75 Å². The molecule has 1 heterocycles. The van der Waals surface area contributed by atoms with Gasteiger partial charge in [-0.2, -0.15) is 0 Å². The summed E-state index contributed by atoms with van der Waals surface area (Å²) in [5.41, 5.74) is 0.669. The van der Waals surface area contributed by atoms with Crippen LogP contribution in [0.3, 0.4) is 0 Å². The predicted octanol–water partition coefficient (Wildman–Crippen LogP) is 4.41. The molecule has 2 rings (SSSR count). The number of benzene rings is 1. The number of hydrogen-bond acceptors (Lipinski definition) is 7. The lowest BCUT2D eigenvalue weighted by Gasteiger charge is -2.12. The number of ether oxygens (including phenoxy) is 1. The van der Waals surface area contributed by atoms with Gasteiger partial charge < -0.3 is 10.1 Å². The van der Waals surface area contributed by atoms with Crippen LogP contribution < -0.4 is 10.1 Å². The summed E-state index contributed by atoms with van der Waals surface area (Å²) in [5, 5.41) is 11.0. The highest BCUT2D eigenvalue weighted by Crippen LogP contribution is 2.32. The molecular weight excluding hydrogens is 362 g/mol. The summed E-state index contributed by atoms with van der Waals surface area (Å²) in [6.45, 7) is 6.21. The van der Waals surface area contributed by atoms with E-state index >= 15 is 0 Å². The summed E-state index contributed by atoms with van der Waals surface area (Å²) in [7, 11) is 1.58. The van der Waals surface area contributed by atoms with E-state index in [0.29, 0.717) is 17.4 Å². The van der Waals surface area contributed by atoms with Gasteiger partial charge in [0.1, 0.15) is 5.75 Å². The third kappa shape index (κ3) is 5.68. The summed E-state index contributed by atoms with van der Waals surface area (Å²) in [4.78, 5) is 12.4. The van der Waals surface area contributed by atoms with Crippen molar-refractivity contribution in [2.24, 2.45) is 5.92 Å². The van der Waals surface area contributed by atoms with Crippen molar-refractivity contribution in [3.05, 3.63) is 24.3 Å². The molecule has 0 aliphatic heterocycles. The monoisotopic (exact) mass is 383 g/mol. The van der Waals surface area contributed by atoms with Crippen LogP contribution >= 0.6 is 34.9 Å². The van der Waals surface area contributed by atoms with Crippen molar-refractivity contribution in [3.8, 4) is 5.75 Å². The van der Waals surface area contributed by atoms with E-state index < -0.39 is 0 Å². The zero-order valence-corrected chi connectivity index (χ0v) is 16.6. The number of methoxy groups -OCH3 is 1. The zero-order chi connectivity index (χ0) is 17.5. The van der Waals surface area contributed by atoms with E-state index in [4.69, 9.17) is 4.74 Å². The van der Waals surface area contributed by atoms with Gasteiger partial charge in [-0.3, -0.25) is 4.79 Å². The number of nitrogens with one attached hydrogen (secondary N) is 1. The Morgan fingerprint density at radius 3 is 2.67 bits per heavy atom. The van der Waals surface area contributed by atoms with E-state index in [2.05, 4.69) is 29.4 Å². The number of para-hydroxylation sites is 2. The van der Waals surface area contributed by atoms with Crippen LogP contribution in [0.4, 0.5) is 5.69 Å². The highest BCUT2D eigenvalue weighted by Gasteiger charge is 2.18. The maximum absolute atomic E-state index is 12.4. The van der Waals surface area contributed by atoms with Crippen molar-refractivity contribution >= 4 is 46.5 Å². The van der Waals surface area contributed by atoms with Crippen molar-refractivity contribution in [3.63, 3.8) is 0 Å². The summed E-state index contributed by atoms with van der Waals surface area (Å²) in [5.74, 6) is 2.19. The number of nitrogens with zero attached hydrogens (tertiary/aromatic N) is 2. The molecule has 0 aliphatic carbocycles. The standard InChI is InChI=1S/C16H21N3O2S3/c1-10(2)9-22-15-18-19-16(24-15)23-11(3)14(20)17-12-7-5-6-8-13(12)21-4/h5-8,10-11H,9H2,1-4H3,(H,17,20)/t11-/m0/s1. The molecular formula is C16H21N3O2S3. The molecule has 0 spiro atoms. The Morgan fingerprint density at radius 1 is 1.25 bits per heavy atom. The van der Waals surface area contributed by atoms with E-state index in [-0.39, 0.29) is 11.2 Å². The molecule has 0 fully saturated rings. The van der Waals surface area contributed by atoms with Gasteiger partial charge in [-0.25, -0.2) is 0 Å². The molecule has 1 N–H and O–H groups in total. The van der Waals surface area contributed by atoms with Crippen LogP contribution in [0.5, 0.6) is 5.75 Å². The van der Waals surface area contributed by atoms with Crippen LogP contribution in [-0.2, 0) is 4.79 Å². The van der Waals surface area contributed by atoms with E-state index in [1.807, 2.05) is 31.2 Å². The molecule has 0 saturated heterocycles. The first-order valence-electron chi connectivity index (χ1n) is 7.56. The second-order valence-corrected chi connectivity index (χ2v) is 9.32. The Morgan fingerprint density at radius 2 is 1.96 bits per heavy atom. The lowest BCUT2D eigenvalue weighted by atomic mass is 10.3. The second-order valence-electron chi connectivity index (χ2n) is 5.49. The van der Waals surface area contributed by atoms with E-state index in [1.54, 1.807) is 18.9 Å². The molecule has 24 heavy (non-hydrogen) atoms. The maximum atomic E-state index is 12.4. The minimum Gasteiger partial charge on any atom is -0.495 e. The maximum Gasteiger partial charge on any atom is 0.237 e. The smallest absolute Gasteiger partial charge is 0.237 e. The minimum absolute atomic E-state index is 0.0870. The molecule has 0 aliphatic rings. The molecule has 1 aromatic heterocycles. The van der Waals surface area contributed by atoms with Gasteiger partial charge >= 0.3 is 0 Å². The van der Waals surface area contributed by atoms with Gasteiger partial charge in [0.2, 0.25) is 5.91 Å². The highest BCUT2D eigenvalue weighted by molar-refractivity contribution is 8.03. The Bertz CT molecular complexity index is 676. The number of thioether (sulfide) groups is 2. The van der Waals surface area contributed by atoms with Gasteiger partial charge in [0.05, 0.1) is 18.0 Å². The van der Waals surface area contributed by atoms with E-state index in [1.165, 1.54) is 23.1 Å². The lowest BCUT2D eigenvalue weighted by Crippen LogP contribution is -2.22. The summed E-state index contributed by atoms with van der Waals surface area (Å²) in [6, 6.07) is 7.36. The van der Waals surface area contributed by atoms with Gasteiger partial charge in [-0.1, -0.05) is 60.8 Å². The molecule has 1 amide bonds. The first-order chi connectivity index (χ1) is 11.5. The summed E-state index contributed by atoms with van der Waals surface area (Å²) in [6.07, 6.45) is 0. The van der Waals surface area contributed by atoms with Crippen LogP contribution in [0.25, 0.3) is 0 Å². The molecule has 5 nitrogen and oxygen atoms in total. The first kappa shape index (κ1) is 19.1. The normalized spacial score (nSPS) is 12.2. The number of amides is 1. The average molecular weight is 384 g/mol. The van der Waals surface area contributed by atoms with Crippen molar-refractivity contribution in [1.82, 2.24) is 10.2 Å². The molecule has 130 valence electrons. The molecule has 8 heteroatoms. The molecule has 2 aromatic rings. The lowest BCUT2D eigenvalue weighted by molar-refractivity contribution is -0.115. The zero-order valence-electron chi connectivity index (χ0n) is 14.1. The van der Waals surface area contributed by atoms with Gasteiger partial charge in [-0.05, 0) is 25.0 Å². The fraction of sp³-hybridized carbons (Fsp3) is 0.438. The fourth-order valence-electron chi connectivity index (χ4n) is 1.73. The number of carbonyl (C=O) groups is 1. The predicted molar refractivity (Wildman–Crippen MR) is 102 cm³/mol. The fourth-order valence-corrected chi connectivity index (χ4v) is 4.87. The van der Waals surface area contributed by atoms with Crippen LogP contribution in [0.15, 0.2) is 32.9 Å². The Labute approximate surface area is 155 Å². The topological polar surface area (TPSA) is 64.1 Å². The molecule has 1 atom stereocenters. The van der Waals surface area contributed by atoms with Crippen LogP contribution in [0.2, 0.25) is 0 Å². The Balaban J connectivity index is 1.92. The minimum atomic E-state index is -0.272. The number of carbonyl (C=O) groups excluding carboxylic acids is 1. The average Bonchev–Trinajstić information content (AvgIpc) is 3.00. The third-order valence-electron chi connectivity index (χ3n) is 2.94. The first-order valence-corrected chi connectivity index (χ1v) is 10.2. The molecule has 0 bridgehead atoms. The molecule has 0 unspecified atom stereocenters. The van der Waals surface area contributed by atoms with E-state index in [9.17, 15) is 4.79 Å². The number of hydrogen-bond donors (Lipinski definition) is 1. The highest BCUT2D eigenvalue weighted by atomic mass is 32.2. The second kappa shape index (κ2) is 9.29. The van der Waals surface area contributed by atoms with Crippen LogP contribution in [-0.4, -0.2) is 34.2 Å². The van der Waals surface area contributed by atoms with Crippen molar-refractivity contribution in [2.75, 3.05) is 18.2 Å². The Kier molecular flexibility index (Phi) is 7.39. The van der Waals surface area contributed by atoms with Crippen LogP contribution in [0, 0.1) is 5.92 Å². The summed E-state index contributed by atoms with van der Waals surface area (Å²) < 4.78 is 7.01. The van der Waals surface area contributed by atoms with E-state index in [0.717, 1.165) is 14.4 Å². The molecule has 0 saturated carbocycles. The molecule has 0 radical (unpaired) electrons. The number of rotatable bonds is 8. The third-order valence-corrected chi connectivity index (χ3v) is 6.61. The van der Waals surface area contributed by atoms with Gasteiger partial charge in [0.15, 0.2) is 8.68 Å². The summed E-state index contributed by atoms with van der Waals surface area (Å²) >= 11 is 4.66. The van der Waals surface area contributed by atoms with Crippen molar-refractivity contribution in [1.29, 1.82) is 0 Å². The number of anilines is 1. The molecule has 1 aromatic carbocycles. The van der Waals surface area contributed by atoms with Gasteiger partial charge in [0.25, 0.3) is 0 Å². The van der Waals surface area contributed by atoms with Crippen LogP contribution in [0.1, 0.15) is 20.8 Å². The van der Waals surface area contributed by atoms with Gasteiger partial charge in [-0.15, -0.1) is 10.2 Å². The quantitative estimate of drug-likeness (QED) is 0.681. The van der Waals surface area contributed by atoms with Crippen molar-refractivity contribution < 1.29 is 9.53 Å².